The number of rotatable bonds is 17. The minimum Gasteiger partial charge on any atom is -0.472 e. The molecule has 2 rings (SSSR count). The normalized spacial score (nSPS) is 17.5. The van der Waals surface area contributed by atoms with Crippen molar-refractivity contribution in [3.8, 4) is 0 Å². The Kier molecular flexibility index (Phi) is 14.8. The Labute approximate surface area is 265 Å². The van der Waals surface area contributed by atoms with Crippen molar-refractivity contribution >= 4 is 35.5 Å². The van der Waals surface area contributed by atoms with Gasteiger partial charge in [-0.05, 0) is 50.0 Å². The van der Waals surface area contributed by atoms with E-state index >= 15 is 0 Å². The topological polar surface area (TPSA) is 185 Å². The van der Waals surface area contributed by atoms with Crippen molar-refractivity contribution in [2.24, 2.45) is 23.7 Å². The quantitative estimate of drug-likeness (QED) is 0.127. The van der Waals surface area contributed by atoms with Gasteiger partial charge in [-0.25, -0.2) is 4.79 Å². The van der Waals surface area contributed by atoms with Gasteiger partial charge >= 0.3 is 5.97 Å². The number of ether oxygens (including phenoxy) is 1. The van der Waals surface area contributed by atoms with Crippen molar-refractivity contribution < 1.29 is 37.9 Å². The number of carbonyl (C=O) groups excluding carboxylic acids is 6. The minimum atomic E-state index is -1.01. The van der Waals surface area contributed by atoms with Gasteiger partial charge in [-0.3, -0.25) is 24.0 Å². The van der Waals surface area contributed by atoms with Crippen LogP contribution in [0.5, 0.6) is 0 Å². The second kappa shape index (κ2) is 18.0. The van der Waals surface area contributed by atoms with Crippen LogP contribution in [0.25, 0.3) is 0 Å². The van der Waals surface area contributed by atoms with Crippen LogP contribution in [0, 0.1) is 23.7 Å². The highest BCUT2D eigenvalue weighted by Crippen LogP contribution is 2.18. The van der Waals surface area contributed by atoms with Crippen molar-refractivity contribution in [2.45, 2.75) is 91.9 Å². The van der Waals surface area contributed by atoms with E-state index in [9.17, 15) is 28.8 Å². The lowest BCUT2D eigenvalue weighted by Gasteiger charge is -2.29. The first-order valence-electron chi connectivity index (χ1n) is 15.6. The fraction of sp³-hybridized carbons (Fsp3) is 0.625. The summed E-state index contributed by atoms with van der Waals surface area (Å²) in [5, 5.41) is 13.9. The van der Waals surface area contributed by atoms with E-state index in [1.807, 2.05) is 13.8 Å². The first-order chi connectivity index (χ1) is 21.2. The lowest BCUT2D eigenvalue weighted by molar-refractivity contribution is -0.137. The molecule has 45 heavy (non-hydrogen) atoms. The molecule has 0 radical (unpaired) electrons. The second-order valence-electron chi connectivity index (χ2n) is 12.4. The molecule has 5 amide bonds. The van der Waals surface area contributed by atoms with Gasteiger partial charge in [0.15, 0.2) is 0 Å². The maximum atomic E-state index is 13.6. The Morgan fingerprint density at radius 1 is 0.956 bits per heavy atom. The van der Waals surface area contributed by atoms with Crippen LogP contribution in [0.2, 0.25) is 0 Å². The van der Waals surface area contributed by atoms with Crippen LogP contribution >= 0.6 is 0 Å². The van der Waals surface area contributed by atoms with Crippen LogP contribution in [0.3, 0.4) is 0 Å². The number of hydrogen-bond acceptors (Lipinski definition) is 8. The third-order valence-electron chi connectivity index (χ3n) is 7.39. The molecule has 250 valence electrons. The van der Waals surface area contributed by atoms with Gasteiger partial charge in [-0.1, -0.05) is 47.6 Å². The van der Waals surface area contributed by atoms with Crippen LogP contribution in [0.4, 0.5) is 0 Å². The molecule has 1 fully saturated rings. The summed E-state index contributed by atoms with van der Waals surface area (Å²) < 4.78 is 9.91. The molecule has 13 nitrogen and oxygen atoms in total. The molecule has 1 saturated heterocycles. The third-order valence-corrected chi connectivity index (χ3v) is 7.39. The highest BCUT2D eigenvalue weighted by molar-refractivity contribution is 5.98. The predicted octanol–water partition coefficient (Wildman–Crippen LogP) is 1.84. The van der Waals surface area contributed by atoms with Gasteiger partial charge in [0.05, 0.1) is 18.4 Å². The SMILES string of the molecule is CCOC(=O)C=CC(CC1CCNC1=O)NC(=O)C(CC(C)C)NC(=O)C(NC(=O)C(NC(=O)c1ccoc1)C(C)C)C(C)C. The number of hydrogen-bond donors (Lipinski definition) is 5. The van der Waals surface area contributed by atoms with E-state index in [0.717, 1.165) is 0 Å². The minimum absolute atomic E-state index is 0.0192. The van der Waals surface area contributed by atoms with Crippen LogP contribution in [0.15, 0.2) is 35.2 Å². The molecular formula is C32H49N5O8. The van der Waals surface area contributed by atoms with E-state index in [1.165, 1.54) is 30.7 Å². The number of amides is 5. The summed E-state index contributed by atoms with van der Waals surface area (Å²) in [6.45, 7) is 13.3. The molecule has 1 aromatic heterocycles. The van der Waals surface area contributed by atoms with E-state index in [1.54, 1.807) is 34.6 Å². The van der Waals surface area contributed by atoms with Crippen molar-refractivity contribution in [2.75, 3.05) is 13.2 Å². The largest absolute Gasteiger partial charge is 0.472 e. The van der Waals surface area contributed by atoms with Crippen LogP contribution in [-0.2, 0) is 28.7 Å². The molecule has 1 aromatic rings. The van der Waals surface area contributed by atoms with E-state index in [2.05, 4.69) is 26.6 Å². The first-order valence-corrected chi connectivity index (χ1v) is 15.6. The van der Waals surface area contributed by atoms with Gasteiger partial charge in [-0.2, -0.15) is 0 Å². The van der Waals surface area contributed by atoms with Gasteiger partial charge in [0.2, 0.25) is 23.6 Å². The summed E-state index contributed by atoms with van der Waals surface area (Å²) in [5.41, 5.74) is 0.262. The molecule has 1 aliphatic heterocycles. The van der Waals surface area contributed by atoms with Crippen molar-refractivity contribution in [1.82, 2.24) is 26.6 Å². The molecule has 0 aliphatic carbocycles. The summed E-state index contributed by atoms with van der Waals surface area (Å²) in [6, 6.07) is -2.10. The number of furan rings is 1. The Balaban J connectivity index is 2.19. The van der Waals surface area contributed by atoms with Gasteiger partial charge in [0.1, 0.15) is 24.4 Å². The van der Waals surface area contributed by atoms with E-state index < -0.39 is 53.8 Å². The fourth-order valence-corrected chi connectivity index (χ4v) is 4.93. The smallest absolute Gasteiger partial charge is 0.330 e. The van der Waals surface area contributed by atoms with Gasteiger partial charge < -0.3 is 35.7 Å². The summed E-state index contributed by atoms with van der Waals surface area (Å²) in [7, 11) is 0. The first kappa shape index (κ1) is 37.0. The predicted molar refractivity (Wildman–Crippen MR) is 166 cm³/mol. The molecule has 2 heterocycles. The molecular weight excluding hydrogens is 582 g/mol. The molecule has 13 heteroatoms. The Morgan fingerprint density at radius 2 is 1.60 bits per heavy atom. The van der Waals surface area contributed by atoms with Crippen molar-refractivity contribution in [3.05, 3.63) is 36.3 Å². The summed E-state index contributed by atoms with van der Waals surface area (Å²) in [6.07, 6.45) is 6.50. The van der Waals surface area contributed by atoms with E-state index in [0.29, 0.717) is 19.4 Å². The average molecular weight is 632 g/mol. The van der Waals surface area contributed by atoms with Crippen LogP contribution < -0.4 is 26.6 Å². The third kappa shape index (κ3) is 12.0. The molecule has 0 saturated carbocycles. The maximum Gasteiger partial charge on any atom is 0.330 e. The van der Waals surface area contributed by atoms with E-state index in [4.69, 9.17) is 9.15 Å². The molecule has 0 spiro atoms. The summed E-state index contributed by atoms with van der Waals surface area (Å²) in [5.74, 6) is -3.75. The summed E-state index contributed by atoms with van der Waals surface area (Å²) >= 11 is 0. The van der Waals surface area contributed by atoms with Crippen LogP contribution in [0.1, 0.15) is 78.1 Å². The molecule has 0 bridgehead atoms. The highest BCUT2D eigenvalue weighted by atomic mass is 16.5. The average Bonchev–Trinajstić information content (AvgIpc) is 3.64. The zero-order valence-corrected chi connectivity index (χ0v) is 27.3. The number of carbonyl (C=O) groups is 6. The molecule has 0 aromatic carbocycles. The van der Waals surface area contributed by atoms with E-state index in [-0.39, 0.29) is 48.2 Å². The maximum absolute atomic E-state index is 13.6. The monoisotopic (exact) mass is 631 g/mol. The molecule has 5 N–H and O–H groups in total. The molecule has 1 aliphatic rings. The van der Waals surface area contributed by atoms with Crippen molar-refractivity contribution in [1.29, 1.82) is 0 Å². The Hall–Kier alpha value is -4.16. The number of nitrogens with one attached hydrogen (secondary N) is 5. The second-order valence-corrected chi connectivity index (χ2v) is 12.4. The van der Waals surface area contributed by atoms with Gasteiger partial charge in [-0.15, -0.1) is 0 Å². The Morgan fingerprint density at radius 3 is 2.13 bits per heavy atom. The van der Waals surface area contributed by atoms with Gasteiger partial charge in [0, 0.05) is 24.6 Å². The zero-order chi connectivity index (χ0) is 33.7. The molecule has 5 atom stereocenters. The number of esters is 1. The van der Waals surface area contributed by atoms with Crippen molar-refractivity contribution in [3.63, 3.8) is 0 Å². The highest BCUT2D eigenvalue weighted by Gasteiger charge is 2.34. The Bertz CT molecular complexity index is 1190. The lowest BCUT2D eigenvalue weighted by Crippen LogP contribution is -2.59. The standard InChI is InChI=1S/C32H49N5O8/c1-8-45-25(38)10-9-23(16-21-11-13-33-28(21)39)34-30(41)24(15-18(2)3)35-31(42)26(19(4)5)37-32(43)27(20(6)7)36-29(40)22-12-14-44-17-22/h9-10,12,14,17-21,23-24,26-27H,8,11,13,15-16H2,1-7H3,(H,33,39)(H,34,41)(H,35,42)(H,36,40)(H,37,43). The summed E-state index contributed by atoms with van der Waals surface area (Å²) in [4.78, 5) is 77.3. The lowest BCUT2D eigenvalue weighted by atomic mass is 9.96. The zero-order valence-electron chi connectivity index (χ0n) is 27.3. The van der Waals surface area contributed by atoms with Crippen LogP contribution in [-0.4, -0.2) is 72.8 Å². The molecule has 5 unspecified atom stereocenters. The fourth-order valence-electron chi connectivity index (χ4n) is 4.93. The van der Waals surface area contributed by atoms with Gasteiger partial charge in [0.25, 0.3) is 5.91 Å².